The lowest BCUT2D eigenvalue weighted by atomic mass is 9.75. The molecule has 0 amide bonds. The van der Waals surface area contributed by atoms with Crippen LogP contribution in [0.15, 0.2) is 63.5 Å². The van der Waals surface area contributed by atoms with Gasteiger partial charge < -0.3 is 15.2 Å². The summed E-state index contributed by atoms with van der Waals surface area (Å²) in [5.74, 6) is -0.182. The molecule has 2 aromatic carbocycles. The maximum Gasteiger partial charge on any atom is 0.161 e. The van der Waals surface area contributed by atoms with E-state index < -0.39 is 11.7 Å². The minimum Gasteiger partial charge on any atom is -0.497 e. The van der Waals surface area contributed by atoms with Gasteiger partial charge in [-0.15, -0.1) is 0 Å². The Bertz CT molecular complexity index is 1220. The smallest absolute Gasteiger partial charge is 0.161 e. The predicted octanol–water partition coefficient (Wildman–Crippen LogP) is 4.91. The van der Waals surface area contributed by atoms with Crippen LogP contribution in [0, 0.1) is 17.1 Å². The van der Waals surface area contributed by atoms with Crippen molar-refractivity contribution >= 4 is 27.4 Å². The van der Waals surface area contributed by atoms with Gasteiger partial charge in [0.15, 0.2) is 5.78 Å². The zero-order valence-electron chi connectivity index (χ0n) is 17.6. The van der Waals surface area contributed by atoms with Crippen LogP contribution in [-0.2, 0) is 4.79 Å². The Hall–Kier alpha value is -3.31. The Morgan fingerprint density at radius 2 is 1.97 bits per heavy atom. The van der Waals surface area contributed by atoms with Gasteiger partial charge in [0.25, 0.3) is 0 Å². The highest BCUT2D eigenvalue weighted by Gasteiger charge is 2.42. The van der Waals surface area contributed by atoms with E-state index in [0.717, 1.165) is 0 Å². The zero-order valence-corrected chi connectivity index (χ0v) is 19.2. The van der Waals surface area contributed by atoms with Crippen LogP contribution < -0.4 is 20.1 Å². The van der Waals surface area contributed by atoms with Crippen LogP contribution in [-0.4, -0.2) is 20.0 Å². The van der Waals surface area contributed by atoms with E-state index >= 15 is 0 Å². The average molecular weight is 498 g/mol. The molecule has 0 aromatic heterocycles. The molecule has 2 aliphatic rings. The lowest BCUT2D eigenvalue weighted by Gasteiger charge is -2.40. The largest absolute Gasteiger partial charge is 0.497 e. The summed E-state index contributed by atoms with van der Waals surface area (Å²) in [6.45, 7) is 0. The van der Waals surface area contributed by atoms with E-state index in [-0.39, 0.29) is 22.9 Å². The second kappa shape index (κ2) is 8.67. The molecular formula is C24H21BrFN3O3. The van der Waals surface area contributed by atoms with Gasteiger partial charge in [-0.25, -0.2) is 4.39 Å². The number of nitrogens with zero attached hydrogens (tertiary/aromatic N) is 2. The maximum absolute atomic E-state index is 15.0. The molecule has 1 atom stereocenters. The van der Waals surface area contributed by atoms with Crippen molar-refractivity contribution in [3.8, 4) is 17.6 Å². The van der Waals surface area contributed by atoms with Crippen LogP contribution in [0.25, 0.3) is 0 Å². The first-order valence-electron chi connectivity index (χ1n) is 10.0. The number of anilines is 1. The summed E-state index contributed by atoms with van der Waals surface area (Å²) < 4.78 is 26.4. The van der Waals surface area contributed by atoms with Crippen molar-refractivity contribution in [2.45, 2.75) is 25.2 Å². The number of benzene rings is 2. The lowest BCUT2D eigenvalue weighted by Crippen LogP contribution is -2.39. The van der Waals surface area contributed by atoms with Crippen molar-refractivity contribution in [3.05, 3.63) is 74.9 Å². The number of carbonyl (C=O) groups is 1. The third kappa shape index (κ3) is 3.53. The molecule has 164 valence electrons. The molecule has 0 unspecified atom stereocenters. The second-order valence-electron chi connectivity index (χ2n) is 7.52. The van der Waals surface area contributed by atoms with E-state index in [0.29, 0.717) is 52.1 Å². The molecule has 0 saturated carbocycles. The van der Waals surface area contributed by atoms with Gasteiger partial charge in [0.05, 0.1) is 37.5 Å². The van der Waals surface area contributed by atoms with Crippen molar-refractivity contribution in [1.82, 2.24) is 0 Å². The van der Waals surface area contributed by atoms with Gasteiger partial charge in [-0.2, -0.15) is 5.26 Å². The number of ketones is 1. The quantitative estimate of drug-likeness (QED) is 0.645. The molecule has 0 radical (unpaired) electrons. The van der Waals surface area contributed by atoms with Crippen molar-refractivity contribution in [2.24, 2.45) is 5.73 Å². The van der Waals surface area contributed by atoms with Crippen LogP contribution in [0.4, 0.5) is 10.1 Å². The second-order valence-corrected chi connectivity index (χ2v) is 8.44. The van der Waals surface area contributed by atoms with Gasteiger partial charge >= 0.3 is 0 Å². The van der Waals surface area contributed by atoms with Crippen LogP contribution in [0.3, 0.4) is 0 Å². The van der Waals surface area contributed by atoms with E-state index in [9.17, 15) is 14.4 Å². The fourth-order valence-corrected chi connectivity index (χ4v) is 4.73. The molecule has 0 spiro atoms. The molecule has 0 fully saturated rings. The number of nitrogens with two attached hydrogens (primary N) is 1. The Kier molecular flexibility index (Phi) is 5.94. The molecule has 6 nitrogen and oxygen atoms in total. The summed E-state index contributed by atoms with van der Waals surface area (Å²) in [6.07, 6.45) is 1.49. The van der Waals surface area contributed by atoms with Crippen molar-refractivity contribution in [3.63, 3.8) is 0 Å². The summed E-state index contributed by atoms with van der Waals surface area (Å²) in [4.78, 5) is 14.7. The van der Waals surface area contributed by atoms with Gasteiger partial charge in [0, 0.05) is 27.7 Å². The number of rotatable bonds is 4. The van der Waals surface area contributed by atoms with Gasteiger partial charge in [-0.3, -0.25) is 9.69 Å². The first-order valence-corrected chi connectivity index (χ1v) is 10.8. The molecule has 2 N–H and O–H groups in total. The molecule has 0 saturated heterocycles. The number of hydrogen-bond donors (Lipinski definition) is 1. The Morgan fingerprint density at radius 3 is 2.62 bits per heavy atom. The third-order valence-corrected chi connectivity index (χ3v) is 6.31. The molecule has 1 heterocycles. The Labute approximate surface area is 193 Å². The summed E-state index contributed by atoms with van der Waals surface area (Å²) in [5, 5.41) is 10.1. The van der Waals surface area contributed by atoms with E-state index in [1.54, 1.807) is 30.3 Å². The minimum atomic E-state index is -0.734. The average Bonchev–Trinajstić information content (AvgIpc) is 2.79. The number of allylic oxidation sites excluding steroid dienone is 3. The normalized spacial score (nSPS) is 18.4. The van der Waals surface area contributed by atoms with Gasteiger partial charge in [0.1, 0.15) is 23.1 Å². The number of hydrogen-bond acceptors (Lipinski definition) is 6. The van der Waals surface area contributed by atoms with Crippen LogP contribution in [0.2, 0.25) is 0 Å². The maximum atomic E-state index is 15.0. The lowest BCUT2D eigenvalue weighted by molar-refractivity contribution is -0.116. The number of ether oxygens (including phenoxy) is 2. The summed E-state index contributed by atoms with van der Waals surface area (Å²) in [6, 6.07) is 12.0. The van der Waals surface area contributed by atoms with Crippen molar-refractivity contribution in [1.29, 1.82) is 5.26 Å². The fourth-order valence-electron chi connectivity index (χ4n) is 4.40. The van der Waals surface area contributed by atoms with Crippen LogP contribution >= 0.6 is 15.9 Å². The first kappa shape index (κ1) is 21.9. The molecule has 32 heavy (non-hydrogen) atoms. The molecular weight excluding hydrogens is 477 g/mol. The minimum absolute atomic E-state index is 0.0936. The summed E-state index contributed by atoms with van der Waals surface area (Å²) >= 11 is 3.26. The van der Waals surface area contributed by atoms with E-state index in [2.05, 4.69) is 22.0 Å². The molecule has 0 bridgehead atoms. The Morgan fingerprint density at radius 1 is 1.19 bits per heavy atom. The predicted molar refractivity (Wildman–Crippen MR) is 122 cm³/mol. The fraction of sp³-hybridized carbons (Fsp3) is 0.250. The Balaban J connectivity index is 2.02. The van der Waals surface area contributed by atoms with Crippen molar-refractivity contribution in [2.75, 3.05) is 19.1 Å². The number of halogens is 2. The molecule has 1 aliphatic heterocycles. The molecule has 2 aromatic rings. The third-order valence-electron chi connectivity index (χ3n) is 5.81. The van der Waals surface area contributed by atoms with Crippen LogP contribution in [0.5, 0.6) is 11.5 Å². The summed E-state index contributed by atoms with van der Waals surface area (Å²) in [7, 11) is 3.06. The van der Waals surface area contributed by atoms with Gasteiger partial charge in [0.2, 0.25) is 0 Å². The highest BCUT2D eigenvalue weighted by atomic mass is 79.9. The standard InChI is InChI=1S/C24H21BrFN3O3/c1-31-14-7-9-21(32-2)15(11-14)22-16(12-27)24(28)29(18-8-6-13(25)10-17(18)26)19-4-3-5-20(30)23(19)22/h6-11,22H,3-5,28H2,1-2H3/t22-/m0/s1. The van der Waals surface area contributed by atoms with Gasteiger partial charge in [-0.05, 0) is 49.2 Å². The number of methoxy groups -OCH3 is 2. The molecule has 4 rings (SSSR count). The summed E-state index contributed by atoms with van der Waals surface area (Å²) in [5.41, 5.74) is 8.50. The first-order chi connectivity index (χ1) is 15.4. The number of carbonyl (C=O) groups excluding carboxylic acids is 1. The topological polar surface area (TPSA) is 88.6 Å². The van der Waals surface area contributed by atoms with E-state index in [1.807, 2.05) is 0 Å². The van der Waals surface area contributed by atoms with Crippen LogP contribution in [0.1, 0.15) is 30.7 Å². The highest BCUT2D eigenvalue weighted by Crippen LogP contribution is 2.49. The monoisotopic (exact) mass is 497 g/mol. The molecule has 1 aliphatic carbocycles. The molecule has 8 heteroatoms. The van der Waals surface area contributed by atoms with Gasteiger partial charge in [-0.1, -0.05) is 15.9 Å². The SMILES string of the molecule is COc1ccc(OC)c([C@H]2C(C#N)=C(N)N(c3ccc(Br)cc3F)C3=C2C(=O)CCC3)c1. The van der Waals surface area contributed by atoms with E-state index in [4.69, 9.17) is 15.2 Å². The number of Topliss-reactive ketones (excluding diaryl/α,β-unsaturated/α-hetero) is 1. The number of nitriles is 1. The highest BCUT2D eigenvalue weighted by molar-refractivity contribution is 9.10. The van der Waals surface area contributed by atoms with E-state index in [1.165, 1.54) is 25.2 Å². The van der Waals surface area contributed by atoms with Crippen molar-refractivity contribution < 1.29 is 18.7 Å². The zero-order chi connectivity index (χ0) is 23.0.